The predicted octanol–water partition coefficient (Wildman–Crippen LogP) is 4.68. The molecular weight excluding hydrogens is 404 g/mol. The number of nitrogens with zero attached hydrogens (tertiary/aromatic N) is 4. The van der Waals surface area contributed by atoms with E-state index in [9.17, 15) is 13.6 Å². The van der Waals surface area contributed by atoms with Crippen molar-refractivity contribution in [1.82, 2.24) is 19.9 Å². The number of anilines is 2. The Kier molecular flexibility index (Phi) is 5.39. The largest absolute Gasteiger partial charge is 0.416 e. The number of ether oxygens (including phenoxy) is 1. The molecule has 0 radical (unpaired) electrons. The van der Waals surface area contributed by atoms with E-state index in [2.05, 4.69) is 20.3 Å². The van der Waals surface area contributed by atoms with Crippen LogP contribution in [0.3, 0.4) is 0 Å². The van der Waals surface area contributed by atoms with Gasteiger partial charge in [-0.3, -0.25) is 0 Å². The number of carbonyl (C=O) groups excluding carboxylic acids is 1. The molecule has 4 rings (SSSR count). The Morgan fingerprint density at radius 3 is 2.69 bits per heavy atom. The monoisotopic (exact) mass is 419 g/mol. The zero-order valence-electron chi connectivity index (χ0n) is 15.2. The topological polar surface area (TPSA) is 80.2 Å². The molecule has 3 aromatic rings. The third-order valence-electron chi connectivity index (χ3n) is 4.53. The minimum Gasteiger partial charge on any atom is -0.391 e. The molecule has 2 aromatic heterocycles. The van der Waals surface area contributed by atoms with Gasteiger partial charge in [-0.25, -0.2) is 28.5 Å². The Balaban J connectivity index is 1.62. The van der Waals surface area contributed by atoms with Crippen LogP contribution in [0.4, 0.5) is 25.1 Å². The van der Waals surface area contributed by atoms with Crippen LogP contribution < -0.4 is 10.1 Å². The Morgan fingerprint density at radius 1 is 1.10 bits per heavy atom. The summed E-state index contributed by atoms with van der Waals surface area (Å²) in [5.74, 6) is -1.48. The van der Waals surface area contributed by atoms with Crippen LogP contribution in [-0.2, 0) is 0 Å². The molecule has 0 aliphatic carbocycles. The normalized spacial score (nSPS) is 14.1. The smallest absolute Gasteiger partial charge is 0.391 e. The van der Waals surface area contributed by atoms with E-state index in [1.165, 1.54) is 12.4 Å². The van der Waals surface area contributed by atoms with Gasteiger partial charge in [0.1, 0.15) is 23.5 Å². The average molecular weight is 420 g/mol. The van der Waals surface area contributed by atoms with E-state index in [0.717, 1.165) is 25.3 Å². The van der Waals surface area contributed by atoms with Crippen LogP contribution >= 0.6 is 11.6 Å². The van der Waals surface area contributed by atoms with Crippen molar-refractivity contribution in [2.24, 2.45) is 0 Å². The summed E-state index contributed by atoms with van der Waals surface area (Å²) >= 11 is 5.73. The molecule has 1 aromatic carbocycles. The van der Waals surface area contributed by atoms with E-state index in [1.54, 1.807) is 11.0 Å². The van der Waals surface area contributed by atoms with Gasteiger partial charge >= 0.3 is 6.09 Å². The first-order chi connectivity index (χ1) is 14.0. The molecule has 3 heterocycles. The molecule has 10 heteroatoms. The Hall–Kier alpha value is -3.07. The summed E-state index contributed by atoms with van der Waals surface area (Å²) in [5, 5.41) is 2.50. The van der Waals surface area contributed by atoms with Crippen molar-refractivity contribution in [2.45, 2.75) is 19.3 Å². The van der Waals surface area contributed by atoms with E-state index >= 15 is 0 Å². The Labute approximate surface area is 169 Å². The third kappa shape index (κ3) is 4.19. The molecular formula is C19H16ClF2N5O2. The van der Waals surface area contributed by atoms with Crippen molar-refractivity contribution in [1.29, 1.82) is 0 Å². The molecule has 7 nitrogen and oxygen atoms in total. The number of benzene rings is 1. The SMILES string of the molecule is O=C(Oc1ccc2ncnc(Nc3cc(Cl)c(F)cc3F)c2n1)N1CCCCC1. The van der Waals surface area contributed by atoms with E-state index in [1.807, 2.05) is 0 Å². The van der Waals surface area contributed by atoms with Crippen LogP contribution in [0, 0.1) is 11.6 Å². The van der Waals surface area contributed by atoms with Crippen LogP contribution in [0.2, 0.25) is 5.02 Å². The van der Waals surface area contributed by atoms with Gasteiger partial charge in [-0.15, -0.1) is 0 Å². The summed E-state index contributed by atoms with van der Waals surface area (Å²) in [5.41, 5.74) is 0.638. The zero-order chi connectivity index (χ0) is 20.4. The van der Waals surface area contributed by atoms with Gasteiger partial charge in [0.05, 0.1) is 16.2 Å². The van der Waals surface area contributed by atoms with Gasteiger partial charge in [-0.1, -0.05) is 11.6 Å². The fraction of sp³-hybridized carbons (Fsp3) is 0.263. The van der Waals surface area contributed by atoms with Crippen molar-refractivity contribution >= 4 is 40.2 Å². The molecule has 1 aliphatic heterocycles. The molecule has 1 saturated heterocycles. The van der Waals surface area contributed by atoms with Crippen molar-refractivity contribution in [3.63, 3.8) is 0 Å². The van der Waals surface area contributed by atoms with Crippen LogP contribution in [0.1, 0.15) is 19.3 Å². The number of hydrogen-bond acceptors (Lipinski definition) is 6. The molecule has 1 N–H and O–H groups in total. The molecule has 0 bridgehead atoms. The molecule has 1 aliphatic rings. The standard InChI is InChI=1S/C19H16ClF2N5O2/c20-11-8-15(13(22)9-12(11)21)25-18-17-14(23-10-24-18)4-5-16(26-17)29-19(28)27-6-2-1-3-7-27/h4-5,8-10H,1-3,6-7H2,(H,23,24,25). The van der Waals surface area contributed by atoms with Gasteiger partial charge in [0, 0.05) is 25.2 Å². The van der Waals surface area contributed by atoms with Crippen LogP contribution in [0.25, 0.3) is 11.0 Å². The number of aromatic nitrogens is 3. The molecule has 0 atom stereocenters. The molecule has 1 amide bonds. The number of nitrogens with one attached hydrogen (secondary N) is 1. The van der Waals surface area contributed by atoms with Gasteiger partial charge in [0.2, 0.25) is 5.88 Å². The summed E-state index contributed by atoms with van der Waals surface area (Å²) in [7, 11) is 0. The number of likely N-dealkylation sites (tertiary alicyclic amines) is 1. The number of fused-ring (bicyclic) bond motifs is 1. The summed E-state index contributed by atoms with van der Waals surface area (Å²) in [4.78, 5) is 26.4. The maximum Gasteiger partial charge on any atom is 0.416 e. The lowest BCUT2D eigenvalue weighted by atomic mass is 10.1. The highest BCUT2D eigenvalue weighted by molar-refractivity contribution is 6.31. The fourth-order valence-electron chi connectivity index (χ4n) is 3.05. The lowest BCUT2D eigenvalue weighted by Crippen LogP contribution is -2.37. The highest BCUT2D eigenvalue weighted by atomic mass is 35.5. The third-order valence-corrected chi connectivity index (χ3v) is 4.82. The Bertz CT molecular complexity index is 1080. The second-order valence-electron chi connectivity index (χ2n) is 6.53. The van der Waals surface area contributed by atoms with Crippen molar-refractivity contribution in [3.8, 4) is 5.88 Å². The Morgan fingerprint density at radius 2 is 1.90 bits per heavy atom. The highest BCUT2D eigenvalue weighted by Crippen LogP contribution is 2.28. The first kappa shape index (κ1) is 19.3. The highest BCUT2D eigenvalue weighted by Gasteiger charge is 2.19. The molecule has 1 fully saturated rings. The number of piperidine rings is 1. The van der Waals surface area contributed by atoms with Crippen molar-refractivity contribution < 1.29 is 18.3 Å². The maximum atomic E-state index is 14.1. The predicted molar refractivity (Wildman–Crippen MR) is 103 cm³/mol. The van der Waals surface area contributed by atoms with E-state index in [-0.39, 0.29) is 27.9 Å². The van der Waals surface area contributed by atoms with Crippen LogP contribution in [-0.4, -0.2) is 39.0 Å². The number of carbonyl (C=O) groups is 1. The number of halogens is 3. The summed E-state index contributed by atoms with van der Waals surface area (Å²) in [6.45, 7) is 1.29. The van der Waals surface area contributed by atoms with E-state index in [4.69, 9.17) is 16.3 Å². The molecule has 29 heavy (non-hydrogen) atoms. The molecule has 0 unspecified atom stereocenters. The molecule has 150 valence electrons. The minimum absolute atomic E-state index is 0.0727. The van der Waals surface area contributed by atoms with Gasteiger partial charge in [0.15, 0.2) is 5.82 Å². The summed E-state index contributed by atoms with van der Waals surface area (Å²) in [6, 6.07) is 4.92. The zero-order valence-corrected chi connectivity index (χ0v) is 15.9. The minimum atomic E-state index is -0.868. The first-order valence-electron chi connectivity index (χ1n) is 9.01. The lowest BCUT2D eigenvalue weighted by Gasteiger charge is -2.25. The number of amides is 1. The molecule has 0 spiro atoms. The van der Waals surface area contributed by atoms with Crippen LogP contribution in [0.5, 0.6) is 5.88 Å². The second kappa shape index (κ2) is 8.12. The fourth-order valence-corrected chi connectivity index (χ4v) is 3.21. The molecule has 0 saturated carbocycles. The van der Waals surface area contributed by atoms with E-state index in [0.29, 0.717) is 24.7 Å². The van der Waals surface area contributed by atoms with Crippen LogP contribution in [0.15, 0.2) is 30.6 Å². The van der Waals surface area contributed by atoms with Gasteiger partial charge in [-0.05, 0) is 31.4 Å². The number of hydrogen-bond donors (Lipinski definition) is 1. The summed E-state index contributed by atoms with van der Waals surface area (Å²) < 4.78 is 32.8. The van der Waals surface area contributed by atoms with Gasteiger partial charge in [-0.2, -0.15) is 0 Å². The lowest BCUT2D eigenvalue weighted by molar-refractivity contribution is 0.141. The quantitative estimate of drug-likeness (QED) is 0.620. The average Bonchev–Trinajstić information content (AvgIpc) is 2.73. The van der Waals surface area contributed by atoms with E-state index < -0.39 is 17.7 Å². The van der Waals surface area contributed by atoms with Gasteiger partial charge < -0.3 is 15.0 Å². The number of rotatable bonds is 3. The first-order valence-corrected chi connectivity index (χ1v) is 9.39. The maximum absolute atomic E-state index is 14.1. The summed E-state index contributed by atoms with van der Waals surface area (Å²) in [6.07, 6.45) is 3.77. The van der Waals surface area contributed by atoms with Crippen molar-refractivity contribution in [3.05, 3.63) is 47.2 Å². The van der Waals surface area contributed by atoms with Crippen molar-refractivity contribution in [2.75, 3.05) is 18.4 Å². The second-order valence-corrected chi connectivity index (χ2v) is 6.93. The van der Waals surface area contributed by atoms with Gasteiger partial charge in [0.25, 0.3) is 0 Å². The number of pyridine rings is 1.